The monoisotopic (exact) mass is 377 g/mol. The first kappa shape index (κ1) is 16.0. The fourth-order valence-electron chi connectivity index (χ4n) is 1.73. The molecule has 112 valence electrons. The molecule has 0 unspecified atom stereocenters. The minimum atomic E-state index is -4.47. The molecule has 1 aromatic carbocycles. The van der Waals surface area contributed by atoms with E-state index in [4.69, 9.17) is 0 Å². The molecule has 0 aliphatic carbocycles. The normalized spacial score (nSPS) is 11.4. The maximum Gasteiger partial charge on any atom is 0.416 e. The summed E-state index contributed by atoms with van der Waals surface area (Å²) in [5, 5.41) is 6.52. The van der Waals surface area contributed by atoms with Crippen molar-refractivity contribution in [3.05, 3.63) is 56.2 Å². The first-order chi connectivity index (χ1) is 9.88. The topological polar surface area (TPSA) is 29.1 Å². The molecule has 0 saturated carbocycles. The van der Waals surface area contributed by atoms with E-state index in [1.54, 1.807) is 11.3 Å². The number of amides is 1. The van der Waals surface area contributed by atoms with E-state index in [0.717, 1.165) is 17.7 Å². The van der Waals surface area contributed by atoms with Crippen molar-refractivity contribution in [3.63, 3.8) is 0 Å². The van der Waals surface area contributed by atoms with Gasteiger partial charge in [0, 0.05) is 11.0 Å². The second-order valence-corrected chi connectivity index (χ2v) is 5.96. The van der Waals surface area contributed by atoms with Gasteiger partial charge < -0.3 is 5.32 Å². The van der Waals surface area contributed by atoms with Crippen LogP contribution in [-0.4, -0.2) is 12.5 Å². The molecule has 1 heterocycles. The summed E-state index contributed by atoms with van der Waals surface area (Å²) in [7, 11) is 0. The van der Waals surface area contributed by atoms with Gasteiger partial charge in [-0.1, -0.05) is 0 Å². The molecule has 0 radical (unpaired) electrons. The molecule has 1 N–H and O–H groups in total. The van der Waals surface area contributed by atoms with Crippen LogP contribution in [-0.2, 0) is 12.6 Å². The highest BCUT2D eigenvalue weighted by Gasteiger charge is 2.31. The molecular weight excluding hydrogens is 367 g/mol. The summed E-state index contributed by atoms with van der Waals surface area (Å²) >= 11 is 4.66. The Morgan fingerprint density at radius 3 is 2.67 bits per heavy atom. The van der Waals surface area contributed by atoms with E-state index in [9.17, 15) is 18.0 Å². The summed E-state index contributed by atoms with van der Waals surface area (Å²) in [5.74, 6) is -0.525. The second-order valence-electron chi connectivity index (χ2n) is 4.33. The largest absolute Gasteiger partial charge is 0.416 e. The third kappa shape index (κ3) is 4.31. The highest BCUT2D eigenvalue weighted by molar-refractivity contribution is 9.10. The van der Waals surface area contributed by atoms with Gasteiger partial charge in [-0.15, -0.1) is 0 Å². The predicted molar refractivity (Wildman–Crippen MR) is 79.5 cm³/mol. The van der Waals surface area contributed by atoms with E-state index in [1.807, 2.05) is 16.8 Å². The number of halogens is 4. The van der Waals surface area contributed by atoms with E-state index in [0.29, 0.717) is 17.4 Å². The van der Waals surface area contributed by atoms with Crippen molar-refractivity contribution in [2.45, 2.75) is 12.6 Å². The number of hydrogen-bond acceptors (Lipinski definition) is 2. The fraction of sp³-hybridized carbons (Fsp3) is 0.214. The van der Waals surface area contributed by atoms with Crippen LogP contribution in [0.1, 0.15) is 21.5 Å². The summed E-state index contributed by atoms with van der Waals surface area (Å²) < 4.78 is 38.3. The molecule has 2 aromatic rings. The second kappa shape index (κ2) is 6.62. The maximum absolute atomic E-state index is 12.7. The lowest BCUT2D eigenvalue weighted by atomic mass is 10.1. The molecule has 0 fully saturated rings. The smallest absolute Gasteiger partial charge is 0.352 e. The quantitative estimate of drug-likeness (QED) is 0.834. The standard InChI is InChI=1S/C14H11BrF3NOS/c15-12-2-1-10(14(16,17)18)7-11(12)13(20)19-5-3-9-4-6-21-8-9/h1-2,4,6-8H,3,5H2,(H,19,20). The van der Waals surface area contributed by atoms with Gasteiger partial charge in [-0.2, -0.15) is 24.5 Å². The minimum Gasteiger partial charge on any atom is -0.352 e. The van der Waals surface area contributed by atoms with E-state index in [1.165, 1.54) is 6.07 Å². The number of nitrogens with one attached hydrogen (secondary N) is 1. The van der Waals surface area contributed by atoms with Crippen molar-refractivity contribution in [3.8, 4) is 0 Å². The number of carbonyl (C=O) groups excluding carboxylic acids is 1. The van der Waals surface area contributed by atoms with Gasteiger partial charge in [-0.25, -0.2) is 0 Å². The van der Waals surface area contributed by atoms with Gasteiger partial charge in [-0.3, -0.25) is 4.79 Å². The number of alkyl halides is 3. The first-order valence-corrected chi connectivity index (χ1v) is 7.77. The molecule has 1 aromatic heterocycles. The van der Waals surface area contributed by atoms with Crippen LogP contribution in [0.2, 0.25) is 0 Å². The van der Waals surface area contributed by atoms with Crippen molar-refractivity contribution in [2.24, 2.45) is 0 Å². The molecule has 2 rings (SSSR count). The van der Waals surface area contributed by atoms with Crippen molar-refractivity contribution in [1.29, 1.82) is 0 Å². The lowest BCUT2D eigenvalue weighted by Crippen LogP contribution is -2.26. The van der Waals surface area contributed by atoms with Crippen LogP contribution in [0.15, 0.2) is 39.5 Å². The van der Waals surface area contributed by atoms with Gasteiger partial charge in [-0.05, 0) is 62.9 Å². The van der Waals surface area contributed by atoms with Gasteiger partial charge in [0.1, 0.15) is 0 Å². The van der Waals surface area contributed by atoms with Crippen LogP contribution in [0.4, 0.5) is 13.2 Å². The number of rotatable bonds is 4. The highest BCUT2D eigenvalue weighted by atomic mass is 79.9. The van der Waals surface area contributed by atoms with Crippen LogP contribution in [0.3, 0.4) is 0 Å². The summed E-state index contributed by atoms with van der Waals surface area (Å²) in [4.78, 5) is 12.0. The molecule has 21 heavy (non-hydrogen) atoms. The Hall–Kier alpha value is -1.34. The third-order valence-electron chi connectivity index (χ3n) is 2.82. The molecular formula is C14H11BrF3NOS. The molecule has 1 amide bonds. The molecule has 0 atom stereocenters. The van der Waals surface area contributed by atoms with Crippen LogP contribution in [0.25, 0.3) is 0 Å². The van der Waals surface area contributed by atoms with Crippen LogP contribution in [0, 0.1) is 0 Å². The first-order valence-electron chi connectivity index (χ1n) is 6.04. The molecule has 7 heteroatoms. The molecule has 2 nitrogen and oxygen atoms in total. The lowest BCUT2D eigenvalue weighted by Gasteiger charge is -2.11. The van der Waals surface area contributed by atoms with Gasteiger partial charge in [0.2, 0.25) is 0 Å². The third-order valence-corrected chi connectivity index (χ3v) is 4.24. The Bertz CT molecular complexity index is 626. The molecule has 0 spiro atoms. The number of carbonyl (C=O) groups is 1. The summed E-state index contributed by atoms with van der Waals surface area (Å²) in [5.41, 5.74) is 0.229. The summed E-state index contributed by atoms with van der Waals surface area (Å²) in [6.07, 6.45) is -3.82. The Balaban J connectivity index is 2.04. The summed E-state index contributed by atoms with van der Waals surface area (Å²) in [6.45, 7) is 0.373. The van der Waals surface area contributed by atoms with Crippen LogP contribution in [0.5, 0.6) is 0 Å². The zero-order chi connectivity index (χ0) is 15.5. The minimum absolute atomic E-state index is 0.0184. The zero-order valence-corrected chi connectivity index (χ0v) is 13.1. The van der Waals surface area contributed by atoms with E-state index in [2.05, 4.69) is 21.2 Å². The van der Waals surface area contributed by atoms with Gasteiger partial charge in [0.05, 0.1) is 11.1 Å². The van der Waals surface area contributed by atoms with Crippen molar-refractivity contribution in [2.75, 3.05) is 6.54 Å². The van der Waals surface area contributed by atoms with Crippen LogP contribution >= 0.6 is 27.3 Å². The lowest BCUT2D eigenvalue weighted by molar-refractivity contribution is -0.137. The predicted octanol–water partition coefficient (Wildman–Crippen LogP) is 4.50. The Morgan fingerprint density at radius 2 is 2.05 bits per heavy atom. The van der Waals surface area contributed by atoms with Crippen molar-refractivity contribution >= 4 is 33.2 Å². The van der Waals surface area contributed by atoms with Gasteiger partial charge >= 0.3 is 6.18 Å². The average molecular weight is 378 g/mol. The number of hydrogen-bond donors (Lipinski definition) is 1. The van der Waals surface area contributed by atoms with Crippen LogP contribution < -0.4 is 5.32 Å². The fourth-order valence-corrected chi connectivity index (χ4v) is 2.86. The molecule has 0 aliphatic rings. The average Bonchev–Trinajstić information content (AvgIpc) is 2.91. The molecule has 0 bridgehead atoms. The Kier molecular flexibility index (Phi) is 5.05. The molecule has 0 saturated heterocycles. The SMILES string of the molecule is O=C(NCCc1ccsc1)c1cc(C(F)(F)F)ccc1Br. The van der Waals surface area contributed by atoms with E-state index >= 15 is 0 Å². The molecule has 0 aliphatic heterocycles. The number of thiophene rings is 1. The van der Waals surface area contributed by atoms with E-state index in [-0.39, 0.29) is 5.56 Å². The van der Waals surface area contributed by atoms with Gasteiger partial charge in [0.15, 0.2) is 0 Å². The Morgan fingerprint density at radius 1 is 1.29 bits per heavy atom. The zero-order valence-electron chi connectivity index (χ0n) is 10.7. The van der Waals surface area contributed by atoms with Gasteiger partial charge in [0.25, 0.3) is 5.91 Å². The summed E-state index contributed by atoms with van der Waals surface area (Å²) in [6, 6.07) is 4.96. The Labute approximate surface area is 132 Å². The van der Waals surface area contributed by atoms with Crippen molar-refractivity contribution < 1.29 is 18.0 Å². The van der Waals surface area contributed by atoms with Crippen molar-refractivity contribution in [1.82, 2.24) is 5.32 Å². The van der Waals surface area contributed by atoms with E-state index < -0.39 is 17.6 Å². The highest BCUT2D eigenvalue weighted by Crippen LogP contribution is 2.31. The number of benzene rings is 1. The maximum atomic E-state index is 12.7.